The van der Waals surface area contributed by atoms with Crippen LogP contribution in [-0.2, 0) is 0 Å². The Kier molecular flexibility index (Phi) is 2.21. The molecule has 0 spiro atoms. The first-order chi connectivity index (χ1) is 4.43. The van der Waals surface area contributed by atoms with Gasteiger partial charge in [0.2, 0.25) is 0 Å². The van der Waals surface area contributed by atoms with Gasteiger partial charge in [-0.25, -0.2) is 4.99 Å². The maximum Gasteiger partial charge on any atom is 0.135 e. The van der Waals surface area contributed by atoms with Gasteiger partial charge in [0.15, 0.2) is 0 Å². The second-order valence-electron chi connectivity index (χ2n) is 1.70. The largest absolute Gasteiger partial charge is 0.394 e. The van der Waals surface area contributed by atoms with Crippen LogP contribution in [-0.4, -0.2) is 42.4 Å². The van der Waals surface area contributed by atoms with E-state index >= 15 is 0 Å². The molecule has 1 heterocycles. The minimum absolute atomic E-state index is 0.144. The van der Waals surface area contributed by atoms with Crippen molar-refractivity contribution in [1.82, 2.24) is 5.01 Å². The van der Waals surface area contributed by atoms with E-state index in [4.69, 9.17) is 5.11 Å². The normalized spacial score (nSPS) is 16.8. The van der Waals surface area contributed by atoms with Gasteiger partial charge in [-0.1, -0.05) is 0 Å². The van der Waals surface area contributed by atoms with E-state index < -0.39 is 0 Å². The first-order valence-electron chi connectivity index (χ1n) is 2.83. The minimum atomic E-state index is 0.144. The highest BCUT2D eigenvalue weighted by atomic mass is 16.3. The van der Waals surface area contributed by atoms with Gasteiger partial charge in [0, 0.05) is 6.21 Å². The molecule has 1 N–H and O–H groups in total. The van der Waals surface area contributed by atoms with Gasteiger partial charge in [-0.2, -0.15) is 5.10 Å². The lowest BCUT2D eigenvalue weighted by Gasteiger charge is -2.15. The van der Waals surface area contributed by atoms with Crippen LogP contribution in [0.1, 0.15) is 0 Å². The number of hydrogen-bond donors (Lipinski definition) is 1. The summed E-state index contributed by atoms with van der Waals surface area (Å²) in [4.78, 5) is 3.77. The van der Waals surface area contributed by atoms with Gasteiger partial charge in [0.1, 0.15) is 6.34 Å². The van der Waals surface area contributed by atoms with Gasteiger partial charge in [0.05, 0.1) is 19.7 Å². The van der Waals surface area contributed by atoms with E-state index in [1.165, 1.54) is 6.34 Å². The van der Waals surface area contributed by atoms with E-state index in [1.807, 2.05) is 0 Å². The minimum Gasteiger partial charge on any atom is -0.394 e. The predicted molar refractivity (Wildman–Crippen MR) is 35.6 cm³/mol. The second-order valence-corrected chi connectivity index (χ2v) is 1.70. The lowest BCUT2D eigenvalue weighted by Crippen LogP contribution is -2.25. The molecule has 4 heteroatoms. The number of hydrogen-bond acceptors (Lipinski definition) is 4. The van der Waals surface area contributed by atoms with Crippen LogP contribution in [0, 0.1) is 0 Å². The number of rotatable bonds is 2. The molecule has 0 amide bonds. The number of aliphatic hydroxyl groups is 1. The van der Waals surface area contributed by atoms with Crippen molar-refractivity contribution < 1.29 is 5.11 Å². The van der Waals surface area contributed by atoms with Crippen molar-refractivity contribution >= 4 is 12.6 Å². The monoisotopic (exact) mass is 127 g/mol. The van der Waals surface area contributed by atoms with E-state index in [0.29, 0.717) is 13.1 Å². The van der Waals surface area contributed by atoms with Crippen LogP contribution in [0.25, 0.3) is 0 Å². The van der Waals surface area contributed by atoms with Crippen molar-refractivity contribution in [3.63, 3.8) is 0 Å². The Balaban J connectivity index is 2.28. The molecule has 1 aliphatic rings. The molecule has 0 saturated carbocycles. The van der Waals surface area contributed by atoms with Crippen molar-refractivity contribution in [2.45, 2.75) is 0 Å². The summed E-state index contributed by atoms with van der Waals surface area (Å²) in [6.07, 6.45) is 3.22. The third-order valence-corrected chi connectivity index (χ3v) is 1.04. The Morgan fingerprint density at radius 1 is 1.67 bits per heavy atom. The number of aliphatic imine (C=N–C) groups is 1. The lowest BCUT2D eigenvalue weighted by molar-refractivity contribution is 0.218. The highest BCUT2D eigenvalue weighted by molar-refractivity contribution is 5.75. The van der Waals surface area contributed by atoms with Crippen LogP contribution in [0.15, 0.2) is 10.1 Å². The number of nitrogens with zero attached hydrogens (tertiary/aromatic N) is 3. The summed E-state index contributed by atoms with van der Waals surface area (Å²) in [6.45, 7) is 1.44. The molecule has 0 aromatic rings. The standard InChI is InChI=1S/C5H9N3O/c9-4-3-8-2-1-6-5-7-8/h1,5,9H,2-4H2. The first kappa shape index (κ1) is 6.22. The quantitative estimate of drug-likeness (QED) is 0.533. The molecule has 0 saturated heterocycles. The summed E-state index contributed by atoms with van der Waals surface area (Å²) >= 11 is 0. The molecule has 9 heavy (non-hydrogen) atoms. The smallest absolute Gasteiger partial charge is 0.135 e. The molecule has 4 nitrogen and oxygen atoms in total. The van der Waals surface area contributed by atoms with Crippen LogP contribution < -0.4 is 0 Å². The Morgan fingerprint density at radius 2 is 2.56 bits per heavy atom. The van der Waals surface area contributed by atoms with Crippen LogP contribution >= 0.6 is 0 Å². The summed E-state index contributed by atoms with van der Waals surface area (Å²) < 4.78 is 0. The molecular weight excluding hydrogens is 118 g/mol. The van der Waals surface area contributed by atoms with Crippen LogP contribution in [0.5, 0.6) is 0 Å². The molecule has 0 bridgehead atoms. The topological polar surface area (TPSA) is 48.2 Å². The Labute approximate surface area is 53.5 Å². The Morgan fingerprint density at radius 3 is 3.11 bits per heavy atom. The SMILES string of the molecule is OCCN1CC=NC=N1. The molecule has 0 unspecified atom stereocenters. The lowest BCUT2D eigenvalue weighted by atomic mass is 10.6. The van der Waals surface area contributed by atoms with Crippen molar-refractivity contribution in [1.29, 1.82) is 0 Å². The van der Waals surface area contributed by atoms with Crippen LogP contribution in [0.2, 0.25) is 0 Å². The fourth-order valence-corrected chi connectivity index (χ4v) is 0.603. The van der Waals surface area contributed by atoms with Gasteiger partial charge >= 0.3 is 0 Å². The first-order valence-corrected chi connectivity index (χ1v) is 2.83. The van der Waals surface area contributed by atoms with E-state index in [2.05, 4.69) is 10.1 Å². The molecule has 50 valence electrons. The van der Waals surface area contributed by atoms with E-state index in [-0.39, 0.29) is 6.61 Å². The molecule has 1 aliphatic heterocycles. The summed E-state index contributed by atoms with van der Waals surface area (Å²) in [5.74, 6) is 0. The highest BCUT2D eigenvalue weighted by Gasteiger charge is 1.97. The van der Waals surface area contributed by atoms with Gasteiger partial charge in [-0.3, -0.25) is 5.01 Å². The number of aliphatic hydroxyl groups excluding tert-OH is 1. The second kappa shape index (κ2) is 3.19. The van der Waals surface area contributed by atoms with Gasteiger partial charge in [0.25, 0.3) is 0 Å². The molecule has 1 rings (SSSR count). The maximum absolute atomic E-state index is 8.46. The highest BCUT2D eigenvalue weighted by Crippen LogP contribution is 1.88. The molecule has 0 atom stereocenters. The zero-order valence-electron chi connectivity index (χ0n) is 5.06. The summed E-state index contributed by atoms with van der Waals surface area (Å²) in [5, 5.41) is 14.1. The number of hydrazone groups is 1. The predicted octanol–water partition coefficient (Wildman–Crippen LogP) is -0.692. The Bertz CT molecular complexity index is 132. The summed E-state index contributed by atoms with van der Waals surface area (Å²) in [6, 6.07) is 0. The van der Waals surface area contributed by atoms with Crippen molar-refractivity contribution in [3.8, 4) is 0 Å². The maximum atomic E-state index is 8.46. The van der Waals surface area contributed by atoms with Crippen molar-refractivity contribution in [3.05, 3.63) is 0 Å². The molecule has 0 fully saturated rings. The molecule has 0 aromatic heterocycles. The zero-order valence-corrected chi connectivity index (χ0v) is 5.06. The molecular formula is C5H9N3O. The fourth-order valence-electron chi connectivity index (χ4n) is 0.603. The van der Waals surface area contributed by atoms with Crippen molar-refractivity contribution in [2.24, 2.45) is 10.1 Å². The van der Waals surface area contributed by atoms with Crippen molar-refractivity contribution in [2.75, 3.05) is 19.7 Å². The van der Waals surface area contributed by atoms with Gasteiger partial charge < -0.3 is 5.11 Å². The third-order valence-electron chi connectivity index (χ3n) is 1.04. The fraction of sp³-hybridized carbons (Fsp3) is 0.600. The molecule has 0 aromatic carbocycles. The molecule has 0 radical (unpaired) electrons. The van der Waals surface area contributed by atoms with Gasteiger partial charge in [-0.05, 0) is 0 Å². The number of β-amino-alcohol motifs (C(OH)–C–C–N with tert-alkyl or cyclic N) is 1. The zero-order chi connectivity index (χ0) is 6.53. The van der Waals surface area contributed by atoms with Crippen LogP contribution in [0.3, 0.4) is 0 Å². The summed E-state index contributed by atoms with van der Waals surface area (Å²) in [5.41, 5.74) is 0. The average Bonchev–Trinajstić information content (AvgIpc) is 1.91. The summed E-state index contributed by atoms with van der Waals surface area (Å²) in [7, 11) is 0. The Hall–Kier alpha value is -0.900. The molecule has 0 aliphatic carbocycles. The van der Waals surface area contributed by atoms with Crippen LogP contribution in [0.4, 0.5) is 0 Å². The van der Waals surface area contributed by atoms with E-state index in [1.54, 1.807) is 11.2 Å². The average molecular weight is 127 g/mol. The van der Waals surface area contributed by atoms with E-state index in [9.17, 15) is 0 Å². The third kappa shape index (κ3) is 1.81. The van der Waals surface area contributed by atoms with Gasteiger partial charge in [-0.15, -0.1) is 0 Å². The van der Waals surface area contributed by atoms with E-state index in [0.717, 1.165) is 0 Å².